The lowest BCUT2D eigenvalue weighted by Gasteiger charge is -2.24. The molecular weight excluding hydrogens is 252 g/mol. The Morgan fingerprint density at radius 3 is 2.30 bits per heavy atom. The largest absolute Gasteiger partial charge is 0.710 e. The zero-order valence-corrected chi connectivity index (χ0v) is 12.1. The molecule has 1 N–H and O–H groups in total. The van der Waals surface area contributed by atoms with Crippen LogP contribution in [0.4, 0.5) is 0 Å². The molecule has 0 aliphatic carbocycles. The van der Waals surface area contributed by atoms with Gasteiger partial charge in [0.1, 0.15) is 0 Å². The minimum atomic E-state index is -0.431. The van der Waals surface area contributed by atoms with Gasteiger partial charge in [0.05, 0.1) is 21.7 Å². The van der Waals surface area contributed by atoms with Crippen LogP contribution in [0.5, 0.6) is 0 Å². The summed E-state index contributed by atoms with van der Waals surface area (Å²) in [6.07, 6.45) is 0. The molecule has 0 spiro atoms. The molecule has 0 saturated heterocycles. The first kappa shape index (κ1) is 13.0. The van der Waals surface area contributed by atoms with Crippen LogP contribution < -0.4 is 10.0 Å². The van der Waals surface area contributed by atoms with Crippen molar-refractivity contribution in [1.82, 2.24) is 15.5 Å². The third kappa shape index (κ3) is 1.78. The Morgan fingerprint density at radius 2 is 1.65 bits per heavy atom. The van der Waals surface area contributed by atoms with Gasteiger partial charge in [-0.1, -0.05) is 18.2 Å². The van der Waals surface area contributed by atoms with Gasteiger partial charge in [0.25, 0.3) is 0 Å². The summed E-state index contributed by atoms with van der Waals surface area (Å²) < 4.78 is 0.916. The van der Waals surface area contributed by atoms with Crippen molar-refractivity contribution in [3.63, 3.8) is 0 Å². The first-order valence-corrected chi connectivity index (χ1v) is 6.69. The maximum absolute atomic E-state index is 12.7. The van der Waals surface area contributed by atoms with Crippen LogP contribution in [0.2, 0.25) is 0 Å². The second-order valence-corrected chi connectivity index (χ2v) is 6.26. The summed E-state index contributed by atoms with van der Waals surface area (Å²) in [6.45, 7) is 8.01. The molecule has 2 aromatic rings. The SMILES string of the molecule is CC1(C)NC(C)(C)c2c1nnc(-c1ccccc1)[n+]2[O-]. The van der Waals surface area contributed by atoms with Crippen LogP contribution in [0, 0.1) is 5.21 Å². The van der Waals surface area contributed by atoms with E-state index >= 15 is 0 Å². The Labute approximate surface area is 118 Å². The minimum Gasteiger partial charge on any atom is -0.710 e. The second-order valence-electron chi connectivity index (χ2n) is 6.26. The van der Waals surface area contributed by atoms with E-state index in [9.17, 15) is 5.21 Å². The average Bonchev–Trinajstić information content (AvgIpc) is 2.56. The molecule has 0 fully saturated rings. The van der Waals surface area contributed by atoms with Crippen molar-refractivity contribution in [3.8, 4) is 11.4 Å². The van der Waals surface area contributed by atoms with E-state index in [1.165, 1.54) is 0 Å². The molecule has 5 heteroatoms. The summed E-state index contributed by atoms with van der Waals surface area (Å²) in [4.78, 5) is 0. The Hall–Kier alpha value is -2.01. The number of nitrogens with zero attached hydrogens (tertiary/aromatic N) is 3. The van der Waals surface area contributed by atoms with Gasteiger partial charge < -0.3 is 5.21 Å². The quantitative estimate of drug-likeness (QED) is 0.634. The molecule has 3 rings (SSSR count). The Kier molecular flexibility index (Phi) is 2.59. The number of nitrogens with one attached hydrogen (secondary N) is 1. The van der Waals surface area contributed by atoms with E-state index in [4.69, 9.17) is 0 Å². The van der Waals surface area contributed by atoms with Crippen LogP contribution in [0.25, 0.3) is 11.4 Å². The lowest BCUT2D eigenvalue weighted by Crippen LogP contribution is -2.45. The normalized spacial score (nSPS) is 18.8. The molecule has 5 nitrogen and oxygen atoms in total. The highest BCUT2D eigenvalue weighted by atomic mass is 16.5. The predicted octanol–water partition coefficient (Wildman–Crippen LogP) is 1.85. The second kappa shape index (κ2) is 3.99. The Morgan fingerprint density at radius 1 is 1.00 bits per heavy atom. The zero-order chi connectivity index (χ0) is 14.5. The van der Waals surface area contributed by atoms with Gasteiger partial charge in [-0.15, -0.1) is 0 Å². The monoisotopic (exact) mass is 270 g/mol. The molecule has 2 heterocycles. The molecule has 0 saturated carbocycles. The molecule has 0 radical (unpaired) electrons. The van der Waals surface area contributed by atoms with Gasteiger partial charge in [-0.2, -0.15) is 0 Å². The first-order valence-electron chi connectivity index (χ1n) is 6.69. The van der Waals surface area contributed by atoms with Crippen LogP contribution >= 0.6 is 0 Å². The maximum atomic E-state index is 12.7. The number of benzene rings is 1. The van der Waals surface area contributed by atoms with Crippen molar-refractivity contribution in [2.24, 2.45) is 0 Å². The molecule has 104 valence electrons. The highest BCUT2D eigenvalue weighted by molar-refractivity contribution is 5.51. The number of hydrogen-bond acceptors (Lipinski definition) is 4. The van der Waals surface area contributed by atoms with Gasteiger partial charge in [-0.25, -0.2) is 4.73 Å². The van der Waals surface area contributed by atoms with E-state index < -0.39 is 5.54 Å². The van der Waals surface area contributed by atoms with Crippen molar-refractivity contribution in [3.05, 3.63) is 46.9 Å². The van der Waals surface area contributed by atoms with Gasteiger partial charge in [-0.3, -0.25) is 5.32 Å². The van der Waals surface area contributed by atoms with Crippen LogP contribution in [0.1, 0.15) is 39.1 Å². The average molecular weight is 270 g/mol. The molecular formula is C15H18N4O. The zero-order valence-electron chi connectivity index (χ0n) is 12.1. The Bertz CT molecular complexity index is 665. The van der Waals surface area contributed by atoms with Crippen molar-refractivity contribution >= 4 is 0 Å². The topological polar surface area (TPSA) is 64.8 Å². The van der Waals surface area contributed by atoms with E-state index in [-0.39, 0.29) is 5.54 Å². The Balaban J connectivity index is 2.26. The number of hydrogen-bond donors (Lipinski definition) is 1. The van der Waals surface area contributed by atoms with Gasteiger partial charge in [-0.05, 0) is 44.9 Å². The molecule has 0 bridgehead atoms. The number of aromatic nitrogens is 3. The van der Waals surface area contributed by atoms with E-state index in [1.54, 1.807) is 0 Å². The van der Waals surface area contributed by atoms with Crippen LogP contribution in [-0.4, -0.2) is 10.2 Å². The number of fused-ring (bicyclic) bond motifs is 1. The molecule has 20 heavy (non-hydrogen) atoms. The fourth-order valence-electron chi connectivity index (χ4n) is 3.02. The van der Waals surface area contributed by atoms with Gasteiger partial charge in [0.2, 0.25) is 0 Å². The molecule has 1 aliphatic heterocycles. The summed E-state index contributed by atoms with van der Waals surface area (Å²) in [7, 11) is 0. The van der Waals surface area contributed by atoms with Crippen LogP contribution in [0.15, 0.2) is 30.3 Å². The van der Waals surface area contributed by atoms with E-state index in [0.717, 1.165) is 16.0 Å². The smallest absolute Gasteiger partial charge is 0.361 e. The third-order valence-corrected chi connectivity index (χ3v) is 3.71. The molecule has 1 aromatic carbocycles. The van der Waals surface area contributed by atoms with Crippen LogP contribution in [0.3, 0.4) is 0 Å². The lowest BCUT2D eigenvalue weighted by molar-refractivity contribution is -0.610. The van der Waals surface area contributed by atoms with Gasteiger partial charge in [0.15, 0.2) is 11.4 Å². The summed E-state index contributed by atoms with van der Waals surface area (Å²) >= 11 is 0. The predicted molar refractivity (Wildman–Crippen MR) is 75.6 cm³/mol. The maximum Gasteiger partial charge on any atom is 0.361 e. The first-order chi connectivity index (χ1) is 9.33. The van der Waals surface area contributed by atoms with Crippen molar-refractivity contribution in [2.45, 2.75) is 38.8 Å². The summed E-state index contributed by atoms with van der Waals surface area (Å²) in [5.41, 5.74) is 1.36. The summed E-state index contributed by atoms with van der Waals surface area (Å²) in [6, 6.07) is 9.42. The standard InChI is InChI=1S/C15H18N4O/c1-14(2)11-12(15(3,4)18-14)19(20)13(17-16-11)10-8-6-5-7-9-10/h5-9,18H,1-4H3. The fourth-order valence-corrected chi connectivity index (χ4v) is 3.02. The summed E-state index contributed by atoms with van der Waals surface area (Å²) in [5, 5.41) is 24.6. The van der Waals surface area contributed by atoms with Crippen LogP contribution in [-0.2, 0) is 11.1 Å². The fraction of sp³-hybridized carbons (Fsp3) is 0.400. The lowest BCUT2D eigenvalue weighted by atomic mass is 10.0. The molecule has 1 aromatic heterocycles. The molecule has 0 unspecified atom stereocenters. The van der Waals surface area contributed by atoms with E-state index in [2.05, 4.69) is 15.5 Å². The number of rotatable bonds is 1. The van der Waals surface area contributed by atoms with Gasteiger partial charge >= 0.3 is 5.82 Å². The molecule has 0 amide bonds. The van der Waals surface area contributed by atoms with E-state index in [1.807, 2.05) is 58.0 Å². The van der Waals surface area contributed by atoms with Gasteiger partial charge in [0, 0.05) is 0 Å². The van der Waals surface area contributed by atoms with Crippen molar-refractivity contribution < 1.29 is 4.73 Å². The minimum absolute atomic E-state index is 0.344. The summed E-state index contributed by atoms with van der Waals surface area (Å²) in [5.74, 6) is 0.344. The third-order valence-electron chi connectivity index (χ3n) is 3.71. The highest BCUT2D eigenvalue weighted by Crippen LogP contribution is 2.37. The molecule has 0 atom stereocenters. The van der Waals surface area contributed by atoms with E-state index in [0.29, 0.717) is 11.5 Å². The van der Waals surface area contributed by atoms with Crippen molar-refractivity contribution in [2.75, 3.05) is 0 Å². The van der Waals surface area contributed by atoms with Crippen molar-refractivity contribution in [1.29, 1.82) is 0 Å². The molecule has 1 aliphatic rings. The highest BCUT2D eigenvalue weighted by Gasteiger charge is 2.48.